The van der Waals surface area contributed by atoms with E-state index in [1.165, 1.54) is 0 Å². The fraction of sp³-hybridized carbons (Fsp3) is 0.882. The molecule has 130 valence electrons. The fourth-order valence-corrected chi connectivity index (χ4v) is 2.08. The number of carbonyl (C=O) groups excluding carboxylic acids is 2. The van der Waals surface area contributed by atoms with Gasteiger partial charge in [0, 0.05) is 13.0 Å². The van der Waals surface area contributed by atoms with Gasteiger partial charge in [-0.15, -0.1) is 11.8 Å². The molecule has 1 atom stereocenters. The van der Waals surface area contributed by atoms with Gasteiger partial charge in [0.1, 0.15) is 0 Å². The van der Waals surface area contributed by atoms with Crippen LogP contribution in [0.1, 0.15) is 61.3 Å². The molecule has 0 aliphatic carbocycles. The van der Waals surface area contributed by atoms with Crippen LogP contribution in [0.15, 0.2) is 0 Å². The van der Waals surface area contributed by atoms with E-state index in [-0.39, 0.29) is 34.6 Å². The first-order valence-corrected chi connectivity index (χ1v) is 9.23. The summed E-state index contributed by atoms with van der Waals surface area (Å²) in [5, 5.41) is 2.97. The summed E-state index contributed by atoms with van der Waals surface area (Å²) in [7, 11) is 0. The largest absolute Gasteiger partial charge is 0.343 e. The Hall–Kier alpha value is -0.710. The molecule has 0 spiro atoms. The quantitative estimate of drug-likeness (QED) is 0.727. The van der Waals surface area contributed by atoms with E-state index in [4.69, 9.17) is 0 Å². The van der Waals surface area contributed by atoms with Crippen LogP contribution in [0.25, 0.3) is 0 Å². The maximum Gasteiger partial charge on any atom is 0.240 e. The highest BCUT2D eigenvalue weighted by molar-refractivity contribution is 7.99. The Labute approximate surface area is 140 Å². The Morgan fingerprint density at radius 2 is 1.64 bits per heavy atom. The molecule has 1 N–H and O–H groups in total. The van der Waals surface area contributed by atoms with Crippen molar-refractivity contribution in [1.29, 1.82) is 0 Å². The molecular formula is C17H34N2O2S. The molecule has 0 aromatic heterocycles. The van der Waals surface area contributed by atoms with Crippen LogP contribution in [0, 0.1) is 10.8 Å². The van der Waals surface area contributed by atoms with Gasteiger partial charge in [-0.3, -0.25) is 9.59 Å². The fourth-order valence-electron chi connectivity index (χ4n) is 1.83. The molecule has 0 heterocycles. The molecule has 0 saturated heterocycles. The van der Waals surface area contributed by atoms with E-state index in [1.54, 1.807) is 16.7 Å². The molecule has 0 fully saturated rings. The number of thioether (sulfide) groups is 1. The molecule has 1 unspecified atom stereocenters. The third-order valence-electron chi connectivity index (χ3n) is 3.22. The third-order valence-corrected chi connectivity index (χ3v) is 4.04. The summed E-state index contributed by atoms with van der Waals surface area (Å²) in [5.41, 5.74) is 0.0728. The lowest BCUT2D eigenvalue weighted by Crippen LogP contribution is -2.44. The van der Waals surface area contributed by atoms with Gasteiger partial charge in [0.15, 0.2) is 0 Å². The first-order valence-electron chi connectivity index (χ1n) is 7.94. The Balaban J connectivity index is 4.78. The standard InChI is InChI=1S/C17H34N2O2S/c1-13(22-8)18-14(20)12-19(10-9-16(2,3)4)15(21)11-17(5,6)7/h13H,9-12H2,1-8H3,(H,18,20). The summed E-state index contributed by atoms with van der Waals surface area (Å²) in [6.45, 7) is 15.3. The van der Waals surface area contributed by atoms with Crippen LogP contribution in [0.5, 0.6) is 0 Å². The van der Waals surface area contributed by atoms with E-state index in [0.717, 1.165) is 6.42 Å². The minimum Gasteiger partial charge on any atom is -0.343 e. The predicted molar refractivity (Wildman–Crippen MR) is 95.8 cm³/mol. The predicted octanol–water partition coefficient (Wildman–Crippen LogP) is 3.51. The van der Waals surface area contributed by atoms with E-state index in [0.29, 0.717) is 13.0 Å². The second-order valence-corrected chi connectivity index (χ2v) is 9.49. The average molecular weight is 331 g/mol. The number of nitrogens with zero attached hydrogens (tertiary/aromatic N) is 1. The molecule has 4 nitrogen and oxygen atoms in total. The molecule has 0 rings (SSSR count). The summed E-state index contributed by atoms with van der Waals surface area (Å²) in [6.07, 6.45) is 3.30. The molecule has 0 saturated carbocycles. The van der Waals surface area contributed by atoms with E-state index >= 15 is 0 Å². The van der Waals surface area contributed by atoms with Crippen molar-refractivity contribution in [2.45, 2.75) is 66.7 Å². The van der Waals surface area contributed by atoms with Gasteiger partial charge in [0.05, 0.1) is 11.9 Å². The Bertz CT molecular complexity index is 370. The van der Waals surface area contributed by atoms with Crippen molar-refractivity contribution in [3.05, 3.63) is 0 Å². The summed E-state index contributed by atoms with van der Waals surface area (Å²) in [6, 6.07) is 0. The van der Waals surface area contributed by atoms with E-state index in [2.05, 4.69) is 26.1 Å². The molecule has 5 heteroatoms. The van der Waals surface area contributed by atoms with Gasteiger partial charge < -0.3 is 10.2 Å². The van der Waals surface area contributed by atoms with Gasteiger partial charge in [-0.2, -0.15) is 0 Å². The Morgan fingerprint density at radius 3 is 2.05 bits per heavy atom. The first kappa shape index (κ1) is 21.3. The maximum atomic E-state index is 12.5. The highest BCUT2D eigenvalue weighted by Gasteiger charge is 2.24. The smallest absolute Gasteiger partial charge is 0.240 e. The summed E-state index contributed by atoms with van der Waals surface area (Å²) in [4.78, 5) is 26.3. The molecule has 0 aliphatic heterocycles. The molecule has 0 aliphatic rings. The number of hydrogen-bond acceptors (Lipinski definition) is 3. The zero-order valence-corrected chi connectivity index (χ0v) is 16.4. The average Bonchev–Trinajstić information content (AvgIpc) is 2.30. The lowest BCUT2D eigenvalue weighted by molar-refractivity contribution is -0.137. The Kier molecular flexibility index (Phi) is 8.52. The molecule has 0 aromatic rings. The second-order valence-electron chi connectivity index (χ2n) is 8.31. The van der Waals surface area contributed by atoms with E-state index in [9.17, 15) is 9.59 Å². The minimum absolute atomic E-state index is 0.0590. The first-order chi connectivity index (χ1) is 9.84. The van der Waals surface area contributed by atoms with Gasteiger partial charge >= 0.3 is 0 Å². The lowest BCUT2D eigenvalue weighted by Gasteiger charge is -2.29. The van der Waals surface area contributed by atoms with Crippen molar-refractivity contribution < 1.29 is 9.59 Å². The normalized spacial score (nSPS) is 13.6. The number of amides is 2. The van der Waals surface area contributed by atoms with Gasteiger partial charge in [0.2, 0.25) is 11.8 Å². The number of hydrogen-bond donors (Lipinski definition) is 1. The van der Waals surface area contributed by atoms with E-state index in [1.807, 2.05) is 34.0 Å². The molecule has 0 aromatic carbocycles. The van der Waals surface area contributed by atoms with Crippen LogP contribution in [-0.2, 0) is 9.59 Å². The van der Waals surface area contributed by atoms with Crippen molar-refractivity contribution >= 4 is 23.6 Å². The Morgan fingerprint density at radius 1 is 1.09 bits per heavy atom. The summed E-state index contributed by atoms with van der Waals surface area (Å²) in [5.74, 6) is -0.0262. The molecule has 22 heavy (non-hydrogen) atoms. The zero-order valence-electron chi connectivity index (χ0n) is 15.6. The topological polar surface area (TPSA) is 49.4 Å². The van der Waals surface area contributed by atoms with Crippen LogP contribution in [0.2, 0.25) is 0 Å². The molecule has 0 radical (unpaired) electrons. The monoisotopic (exact) mass is 330 g/mol. The lowest BCUT2D eigenvalue weighted by atomic mass is 9.90. The van der Waals surface area contributed by atoms with Crippen LogP contribution in [0.4, 0.5) is 0 Å². The second kappa shape index (κ2) is 8.80. The minimum atomic E-state index is -0.0852. The molecule has 0 bridgehead atoms. The SMILES string of the molecule is CSC(C)NC(=O)CN(CCC(C)(C)C)C(=O)CC(C)(C)C. The van der Waals surface area contributed by atoms with Crippen molar-refractivity contribution in [1.82, 2.24) is 10.2 Å². The molecular weight excluding hydrogens is 296 g/mol. The van der Waals surface area contributed by atoms with E-state index < -0.39 is 0 Å². The van der Waals surface area contributed by atoms with Crippen LogP contribution in [0.3, 0.4) is 0 Å². The van der Waals surface area contributed by atoms with Gasteiger partial charge in [-0.1, -0.05) is 41.5 Å². The van der Waals surface area contributed by atoms with Crippen molar-refractivity contribution in [3.63, 3.8) is 0 Å². The highest BCUT2D eigenvalue weighted by Crippen LogP contribution is 2.22. The van der Waals surface area contributed by atoms with Gasteiger partial charge in [-0.05, 0) is 30.4 Å². The van der Waals surface area contributed by atoms with Crippen LogP contribution < -0.4 is 5.32 Å². The number of carbonyl (C=O) groups is 2. The number of nitrogens with one attached hydrogen (secondary N) is 1. The maximum absolute atomic E-state index is 12.5. The van der Waals surface area contributed by atoms with Crippen molar-refractivity contribution in [2.24, 2.45) is 10.8 Å². The van der Waals surface area contributed by atoms with Gasteiger partial charge in [-0.25, -0.2) is 0 Å². The number of rotatable bonds is 7. The molecule has 2 amide bonds. The zero-order chi connectivity index (χ0) is 17.6. The van der Waals surface area contributed by atoms with Crippen molar-refractivity contribution in [2.75, 3.05) is 19.3 Å². The summed E-state index contributed by atoms with van der Waals surface area (Å²) >= 11 is 1.58. The third kappa shape index (κ3) is 10.9. The summed E-state index contributed by atoms with van der Waals surface area (Å²) < 4.78 is 0. The highest BCUT2D eigenvalue weighted by atomic mass is 32.2. The van der Waals surface area contributed by atoms with Crippen LogP contribution in [-0.4, -0.2) is 41.4 Å². The van der Waals surface area contributed by atoms with Crippen LogP contribution >= 0.6 is 11.8 Å². The van der Waals surface area contributed by atoms with Gasteiger partial charge in [0.25, 0.3) is 0 Å². The van der Waals surface area contributed by atoms with Crippen molar-refractivity contribution in [3.8, 4) is 0 Å².